The van der Waals surface area contributed by atoms with Crippen molar-refractivity contribution < 1.29 is 17.9 Å². The number of aromatic nitrogens is 2. The lowest BCUT2D eigenvalue weighted by molar-refractivity contribution is 0.143. The van der Waals surface area contributed by atoms with E-state index in [0.717, 1.165) is 12.0 Å². The molecule has 4 rings (SSSR count). The highest BCUT2D eigenvalue weighted by Crippen LogP contribution is 2.33. The van der Waals surface area contributed by atoms with Crippen molar-refractivity contribution >= 4 is 9.84 Å². The first-order valence-corrected chi connectivity index (χ1v) is 11.5. The second-order valence-corrected chi connectivity index (χ2v) is 9.56. The molecule has 1 aromatic heterocycles. The minimum atomic E-state index is -3.62. The number of ether oxygens (including phenoxy) is 2. The summed E-state index contributed by atoms with van der Waals surface area (Å²) in [5.74, 6) is 1.42. The van der Waals surface area contributed by atoms with E-state index >= 15 is 0 Å². The van der Waals surface area contributed by atoms with Gasteiger partial charge in [0.25, 0.3) is 11.6 Å². The zero-order valence-electron chi connectivity index (χ0n) is 15.8. The maximum absolute atomic E-state index is 11.9. The lowest BCUT2D eigenvalue weighted by Gasteiger charge is -2.22. The normalized spacial score (nSPS) is 19.8. The van der Waals surface area contributed by atoms with Crippen molar-refractivity contribution in [2.75, 3.05) is 12.9 Å². The fourth-order valence-corrected chi connectivity index (χ4v) is 4.57. The second kappa shape index (κ2) is 7.58. The van der Waals surface area contributed by atoms with Crippen molar-refractivity contribution in [2.24, 2.45) is 0 Å². The highest BCUT2D eigenvalue weighted by molar-refractivity contribution is 7.90. The van der Waals surface area contributed by atoms with E-state index in [0.29, 0.717) is 12.5 Å². The largest absolute Gasteiger partial charge is 0.490 e. The Bertz CT molecular complexity index is 1010. The Hall–Kier alpha value is -2.35. The molecule has 0 unspecified atom stereocenters. The molecule has 2 aromatic rings. The van der Waals surface area contributed by atoms with Gasteiger partial charge in [0.1, 0.15) is 12.4 Å². The van der Waals surface area contributed by atoms with Crippen LogP contribution in [0.1, 0.15) is 43.6 Å². The maximum atomic E-state index is 11.9. The second-order valence-electron chi connectivity index (χ2n) is 7.57. The Balaban J connectivity index is 1.37. The molecule has 0 spiro atoms. The van der Waals surface area contributed by atoms with E-state index in [-0.39, 0.29) is 23.6 Å². The van der Waals surface area contributed by atoms with Gasteiger partial charge in [0.2, 0.25) is 0 Å². The van der Waals surface area contributed by atoms with E-state index < -0.39 is 15.4 Å². The minimum absolute atomic E-state index is 0.124. The molecule has 1 atom stereocenters. The van der Waals surface area contributed by atoms with Crippen LogP contribution in [0.15, 0.2) is 40.2 Å². The predicted molar refractivity (Wildman–Crippen MR) is 104 cm³/mol. The van der Waals surface area contributed by atoms with E-state index in [4.69, 9.17) is 9.47 Å². The summed E-state index contributed by atoms with van der Waals surface area (Å²) in [5.41, 5.74) is 0.571. The summed E-state index contributed by atoms with van der Waals surface area (Å²) in [6, 6.07) is 8.35. The van der Waals surface area contributed by atoms with Crippen molar-refractivity contribution in [2.45, 2.75) is 55.6 Å². The van der Waals surface area contributed by atoms with Gasteiger partial charge in [-0.05, 0) is 36.5 Å². The van der Waals surface area contributed by atoms with E-state index in [1.807, 2.05) is 12.1 Å². The monoisotopic (exact) mass is 404 g/mol. The lowest BCUT2D eigenvalue weighted by atomic mass is 9.84. The molecule has 0 saturated heterocycles. The van der Waals surface area contributed by atoms with Gasteiger partial charge in [-0.15, -0.1) is 0 Å². The third-order valence-electron chi connectivity index (χ3n) is 5.39. The molecular weight excluding hydrogens is 380 g/mol. The average molecular weight is 404 g/mol. The van der Waals surface area contributed by atoms with Crippen LogP contribution >= 0.6 is 0 Å². The van der Waals surface area contributed by atoms with Crippen molar-refractivity contribution in [1.29, 1.82) is 0 Å². The molecule has 1 saturated carbocycles. The number of nitrogens with zero attached hydrogens (tertiary/aromatic N) is 2. The first kappa shape index (κ1) is 19.0. The van der Waals surface area contributed by atoms with Gasteiger partial charge in [0, 0.05) is 12.5 Å². The SMILES string of the molecule is CS(=O)(=O)c1cn2c(nc1=O)O[C@H](COc1ccc(C3CCCCC3)cc1)C2. The summed E-state index contributed by atoms with van der Waals surface area (Å²) in [4.78, 5) is 15.3. The van der Waals surface area contributed by atoms with Gasteiger partial charge in [0.15, 0.2) is 20.8 Å². The van der Waals surface area contributed by atoms with Crippen molar-refractivity contribution in [3.8, 4) is 11.8 Å². The Morgan fingerprint density at radius 1 is 1.18 bits per heavy atom. The highest BCUT2D eigenvalue weighted by atomic mass is 32.2. The summed E-state index contributed by atoms with van der Waals surface area (Å²) in [6.07, 6.45) is 8.42. The first-order valence-electron chi connectivity index (χ1n) is 9.61. The smallest absolute Gasteiger partial charge is 0.300 e. The zero-order chi connectivity index (χ0) is 19.7. The topological polar surface area (TPSA) is 87.5 Å². The molecular formula is C20H24N2O5S. The number of fused-ring (bicyclic) bond motifs is 1. The molecule has 0 radical (unpaired) electrons. The van der Waals surface area contributed by atoms with Crippen LogP contribution in [0, 0.1) is 0 Å². The summed E-state index contributed by atoms with van der Waals surface area (Å²) in [5, 5.41) is 0. The molecule has 0 amide bonds. The summed E-state index contributed by atoms with van der Waals surface area (Å²) in [7, 11) is -3.62. The first-order chi connectivity index (χ1) is 13.4. The molecule has 2 heterocycles. The number of hydrogen-bond acceptors (Lipinski definition) is 6. The molecule has 1 fully saturated rings. The van der Waals surface area contributed by atoms with Gasteiger partial charge in [-0.1, -0.05) is 31.4 Å². The van der Waals surface area contributed by atoms with Gasteiger partial charge in [-0.25, -0.2) is 8.42 Å². The number of benzene rings is 1. The van der Waals surface area contributed by atoms with Gasteiger partial charge in [-0.3, -0.25) is 9.36 Å². The molecule has 0 bridgehead atoms. The van der Waals surface area contributed by atoms with Crippen LogP contribution in [0.3, 0.4) is 0 Å². The molecule has 150 valence electrons. The van der Waals surface area contributed by atoms with Gasteiger partial charge in [-0.2, -0.15) is 4.98 Å². The highest BCUT2D eigenvalue weighted by Gasteiger charge is 2.27. The van der Waals surface area contributed by atoms with Crippen LogP contribution in [0.2, 0.25) is 0 Å². The van der Waals surface area contributed by atoms with Crippen molar-refractivity contribution in [3.05, 3.63) is 46.4 Å². The summed E-state index contributed by atoms with van der Waals surface area (Å²) in [6.45, 7) is 0.666. The Morgan fingerprint density at radius 2 is 1.89 bits per heavy atom. The average Bonchev–Trinajstić information content (AvgIpc) is 3.08. The quantitative estimate of drug-likeness (QED) is 0.761. The van der Waals surface area contributed by atoms with Crippen molar-refractivity contribution in [3.63, 3.8) is 0 Å². The maximum Gasteiger partial charge on any atom is 0.300 e. The molecule has 1 aliphatic carbocycles. The van der Waals surface area contributed by atoms with E-state index in [9.17, 15) is 13.2 Å². The third-order valence-corrected chi connectivity index (χ3v) is 6.47. The van der Waals surface area contributed by atoms with Crippen LogP contribution in [-0.4, -0.2) is 36.9 Å². The Morgan fingerprint density at radius 3 is 2.57 bits per heavy atom. The van der Waals surface area contributed by atoms with Crippen LogP contribution in [0.5, 0.6) is 11.8 Å². The number of sulfone groups is 1. The van der Waals surface area contributed by atoms with Crippen LogP contribution in [0.25, 0.3) is 0 Å². The number of hydrogen-bond donors (Lipinski definition) is 0. The van der Waals surface area contributed by atoms with Crippen molar-refractivity contribution in [1.82, 2.24) is 9.55 Å². The van der Waals surface area contributed by atoms with E-state index in [1.54, 1.807) is 0 Å². The molecule has 8 heteroatoms. The van der Waals surface area contributed by atoms with Gasteiger partial charge in [0.05, 0.1) is 6.54 Å². The summed E-state index contributed by atoms with van der Waals surface area (Å²) < 4.78 is 36.3. The van der Waals surface area contributed by atoms with E-state index in [1.165, 1.54) is 48.4 Å². The minimum Gasteiger partial charge on any atom is -0.490 e. The zero-order valence-corrected chi connectivity index (χ0v) is 16.7. The Labute approximate surface area is 164 Å². The molecule has 28 heavy (non-hydrogen) atoms. The summed E-state index contributed by atoms with van der Waals surface area (Å²) >= 11 is 0. The molecule has 2 aliphatic rings. The van der Waals surface area contributed by atoms with Crippen LogP contribution in [-0.2, 0) is 16.4 Å². The van der Waals surface area contributed by atoms with Crippen LogP contribution in [0.4, 0.5) is 0 Å². The fraction of sp³-hybridized carbons (Fsp3) is 0.500. The molecule has 0 N–H and O–H groups in total. The Kier molecular flexibility index (Phi) is 5.14. The number of rotatable bonds is 5. The van der Waals surface area contributed by atoms with Crippen LogP contribution < -0.4 is 15.0 Å². The predicted octanol–water partition coefficient (Wildman–Crippen LogP) is 2.53. The molecule has 1 aromatic carbocycles. The molecule has 7 nitrogen and oxygen atoms in total. The standard InChI is InChI=1S/C20H24N2O5S/c1-28(24,25)18-12-22-11-17(27-20(22)21-19(18)23)13-26-16-9-7-15(8-10-16)14-5-3-2-4-6-14/h7-10,12,14,17H,2-6,11,13H2,1H3/t17-/m0/s1. The van der Waals surface area contributed by atoms with Gasteiger partial charge >= 0.3 is 0 Å². The van der Waals surface area contributed by atoms with E-state index in [2.05, 4.69) is 17.1 Å². The fourth-order valence-electron chi connectivity index (χ4n) is 3.89. The third kappa shape index (κ3) is 4.06. The lowest BCUT2D eigenvalue weighted by Crippen LogP contribution is -2.23. The van der Waals surface area contributed by atoms with Gasteiger partial charge < -0.3 is 9.47 Å². The molecule has 1 aliphatic heterocycles.